The van der Waals surface area contributed by atoms with Gasteiger partial charge in [0.05, 0.1) is 17.1 Å². The molecule has 1 aromatic rings. The summed E-state index contributed by atoms with van der Waals surface area (Å²) in [6.45, 7) is 5.83. The molecule has 0 radical (unpaired) electrons. The van der Waals surface area contributed by atoms with Crippen LogP contribution in [0.1, 0.15) is 51.7 Å². The SMILES string of the molecule is CNS(=O)(=O)c1ccc(C2CC(NC(C)=O)CC(CC(C)C)O2)cc1. The van der Waals surface area contributed by atoms with Gasteiger partial charge < -0.3 is 10.1 Å². The molecule has 0 bridgehead atoms. The average molecular weight is 368 g/mol. The van der Waals surface area contributed by atoms with Gasteiger partial charge in [-0.1, -0.05) is 26.0 Å². The van der Waals surface area contributed by atoms with E-state index in [1.807, 2.05) is 0 Å². The van der Waals surface area contributed by atoms with Crippen LogP contribution in [0.2, 0.25) is 0 Å². The minimum atomic E-state index is -3.45. The Morgan fingerprint density at radius 3 is 2.40 bits per heavy atom. The highest BCUT2D eigenvalue weighted by Crippen LogP contribution is 2.34. The van der Waals surface area contributed by atoms with E-state index in [1.165, 1.54) is 14.0 Å². The first-order valence-electron chi connectivity index (χ1n) is 8.67. The zero-order valence-corrected chi connectivity index (χ0v) is 16.1. The first-order valence-corrected chi connectivity index (χ1v) is 10.2. The highest BCUT2D eigenvalue weighted by Gasteiger charge is 2.31. The molecule has 3 atom stereocenters. The van der Waals surface area contributed by atoms with E-state index in [0.717, 1.165) is 18.4 Å². The second-order valence-electron chi connectivity index (χ2n) is 7.02. The molecular formula is C18H28N2O4S. The van der Waals surface area contributed by atoms with Gasteiger partial charge in [-0.05, 0) is 49.9 Å². The molecule has 7 heteroatoms. The molecule has 6 nitrogen and oxygen atoms in total. The fraction of sp³-hybridized carbons (Fsp3) is 0.611. The Hall–Kier alpha value is -1.44. The molecule has 2 rings (SSSR count). The van der Waals surface area contributed by atoms with E-state index >= 15 is 0 Å². The topological polar surface area (TPSA) is 84.5 Å². The van der Waals surface area contributed by atoms with Crippen LogP contribution in [0.15, 0.2) is 29.2 Å². The van der Waals surface area contributed by atoms with E-state index in [9.17, 15) is 13.2 Å². The van der Waals surface area contributed by atoms with Crippen LogP contribution in [0.4, 0.5) is 0 Å². The zero-order valence-electron chi connectivity index (χ0n) is 15.3. The number of benzene rings is 1. The summed E-state index contributed by atoms with van der Waals surface area (Å²) >= 11 is 0. The fourth-order valence-corrected chi connectivity index (χ4v) is 4.02. The molecule has 1 amide bonds. The van der Waals surface area contributed by atoms with Crippen LogP contribution in [0.25, 0.3) is 0 Å². The predicted molar refractivity (Wildman–Crippen MR) is 96.6 cm³/mol. The van der Waals surface area contributed by atoms with Crippen molar-refractivity contribution in [3.05, 3.63) is 29.8 Å². The van der Waals surface area contributed by atoms with Crippen molar-refractivity contribution in [2.45, 2.75) is 63.2 Å². The monoisotopic (exact) mass is 368 g/mol. The van der Waals surface area contributed by atoms with Gasteiger partial charge >= 0.3 is 0 Å². The molecule has 1 saturated heterocycles. The Bertz CT molecular complexity index is 686. The van der Waals surface area contributed by atoms with Crippen LogP contribution >= 0.6 is 0 Å². The molecule has 2 N–H and O–H groups in total. The lowest BCUT2D eigenvalue weighted by atomic mass is 9.90. The number of carbonyl (C=O) groups is 1. The maximum atomic E-state index is 11.8. The van der Waals surface area contributed by atoms with Gasteiger partial charge in [-0.25, -0.2) is 13.1 Å². The summed E-state index contributed by atoms with van der Waals surface area (Å²) in [7, 11) is -2.06. The number of hydrogen-bond acceptors (Lipinski definition) is 4. The lowest BCUT2D eigenvalue weighted by Gasteiger charge is -2.36. The summed E-state index contributed by atoms with van der Waals surface area (Å²) in [4.78, 5) is 11.7. The minimum Gasteiger partial charge on any atom is -0.370 e. The van der Waals surface area contributed by atoms with Crippen molar-refractivity contribution < 1.29 is 17.9 Å². The van der Waals surface area contributed by atoms with E-state index < -0.39 is 10.0 Å². The Balaban J connectivity index is 2.18. The molecule has 1 fully saturated rings. The number of rotatable bonds is 6. The van der Waals surface area contributed by atoms with Gasteiger partial charge in [-0.2, -0.15) is 0 Å². The molecule has 0 aliphatic carbocycles. The summed E-state index contributed by atoms with van der Waals surface area (Å²) in [6.07, 6.45) is 2.35. The molecule has 1 aliphatic rings. The number of ether oxygens (including phenoxy) is 1. The second-order valence-corrected chi connectivity index (χ2v) is 8.91. The van der Waals surface area contributed by atoms with Crippen LogP contribution in [0.3, 0.4) is 0 Å². The normalized spacial score (nSPS) is 24.3. The molecule has 0 spiro atoms. The maximum Gasteiger partial charge on any atom is 0.240 e. The van der Waals surface area contributed by atoms with Crippen LogP contribution < -0.4 is 10.0 Å². The smallest absolute Gasteiger partial charge is 0.240 e. The number of amides is 1. The lowest BCUT2D eigenvalue weighted by molar-refractivity contribution is -0.122. The van der Waals surface area contributed by atoms with Crippen molar-refractivity contribution in [2.24, 2.45) is 5.92 Å². The third kappa shape index (κ3) is 5.52. The lowest BCUT2D eigenvalue weighted by Crippen LogP contribution is -2.42. The Labute approximate surface area is 150 Å². The summed E-state index contributed by atoms with van der Waals surface area (Å²) in [5.74, 6) is 0.467. The third-order valence-electron chi connectivity index (χ3n) is 4.38. The first kappa shape index (κ1) is 19.9. The van der Waals surface area contributed by atoms with Gasteiger partial charge in [0.25, 0.3) is 0 Å². The number of nitrogens with one attached hydrogen (secondary N) is 2. The van der Waals surface area contributed by atoms with Crippen molar-refractivity contribution in [3.63, 3.8) is 0 Å². The van der Waals surface area contributed by atoms with Gasteiger partial charge in [0, 0.05) is 13.0 Å². The second kappa shape index (κ2) is 8.29. The molecular weight excluding hydrogens is 340 g/mol. The molecule has 0 saturated carbocycles. The van der Waals surface area contributed by atoms with Crippen molar-refractivity contribution in [1.82, 2.24) is 10.0 Å². The van der Waals surface area contributed by atoms with Crippen molar-refractivity contribution in [3.8, 4) is 0 Å². The van der Waals surface area contributed by atoms with Crippen LogP contribution in [0.5, 0.6) is 0 Å². The quantitative estimate of drug-likeness (QED) is 0.807. The fourth-order valence-electron chi connectivity index (χ4n) is 3.29. The molecule has 140 valence electrons. The standard InChI is InChI=1S/C18H28N2O4S/c1-12(2)9-16-10-15(20-13(3)21)11-18(24-16)14-5-7-17(8-6-14)25(22,23)19-4/h5-8,12,15-16,18-19H,9-11H2,1-4H3,(H,20,21). The van der Waals surface area contributed by atoms with E-state index in [1.54, 1.807) is 24.3 Å². The summed E-state index contributed by atoms with van der Waals surface area (Å²) < 4.78 is 32.2. The first-order chi connectivity index (χ1) is 11.7. The van der Waals surface area contributed by atoms with Crippen molar-refractivity contribution in [2.75, 3.05) is 7.05 Å². The molecule has 0 aromatic heterocycles. The minimum absolute atomic E-state index is 0.0376. The van der Waals surface area contributed by atoms with Crippen LogP contribution in [0, 0.1) is 5.92 Å². The zero-order chi connectivity index (χ0) is 18.6. The average Bonchev–Trinajstić information content (AvgIpc) is 2.53. The largest absolute Gasteiger partial charge is 0.370 e. The number of hydrogen-bond donors (Lipinski definition) is 2. The number of carbonyl (C=O) groups excluding carboxylic acids is 1. The van der Waals surface area contributed by atoms with Gasteiger partial charge in [0.2, 0.25) is 15.9 Å². The predicted octanol–water partition coefficient (Wildman–Crippen LogP) is 2.37. The Morgan fingerprint density at radius 1 is 1.24 bits per heavy atom. The maximum absolute atomic E-state index is 11.8. The molecule has 1 aliphatic heterocycles. The molecule has 25 heavy (non-hydrogen) atoms. The summed E-state index contributed by atoms with van der Waals surface area (Å²) in [5.41, 5.74) is 0.930. The van der Waals surface area contributed by atoms with Gasteiger partial charge in [0.1, 0.15) is 0 Å². The molecule has 1 heterocycles. The van der Waals surface area contributed by atoms with Crippen LogP contribution in [-0.4, -0.2) is 33.5 Å². The van der Waals surface area contributed by atoms with E-state index in [4.69, 9.17) is 4.74 Å². The van der Waals surface area contributed by atoms with E-state index in [2.05, 4.69) is 23.9 Å². The van der Waals surface area contributed by atoms with Gasteiger partial charge in [-0.3, -0.25) is 4.79 Å². The van der Waals surface area contributed by atoms with Gasteiger partial charge in [-0.15, -0.1) is 0 Å². The van der Waals surface area contributed by atoms with Crippen molar-refractivity contribution >= 4 is 15.9 Å². The van der Waals surface area contributed by atoms with E-state index in [0.29, 0.717) is 12.3 Å². The molecule has 1 aromatic carbocycles. The summed E-state index contributed by atoms with van der Waals surface area (Å²) in [6, 6.07) is 6.82. The Kier molecular flexibility index (Phi) is 6.59. The Morgan fingerprint density at radius 2 is 1.88 bits per heavy atom. The highest BCUT2D eigenvalue weighted by molar-refractivity contribution is 7.89. The highest BCUT2D eigenvalue weighted by atomic mass is 32.2. The van der Waals surface area contributed by atoms with Crippen molar-refractivity contribution in [1.29, 1.82) is 0 Å². The molecule has 3 unspecified atom stereocenters. The van der Waals surface area contributed by atoms with E-state index in [-0.39, 0.29) is 29.1 Å². The van der Waals surface area contributed by atoms with Gasteiger partial charge in [0.15, 0.2) is 0 Å². The third-order valence-corrected chi connectivity index (χ3v) is 5.81. The number of sulfonamides is 1. The summed E-state index contributed by atoms with van der Waals surface area (Å²) in [5, 5.41) is 3.00. The van der Waals surface area contributed by atoms with Crippen LogP contribution in [-0.2, 0) is 19.6 Å².